The molecular weight excluding hydrogens is 391 g/mol. The summed E-state index contributed by atoms with van der Waals surface area (Å²) in [6, 6.07) is 24.4. The van der Waals surface area contributed by atoms with E-state index in [-0.39, 0.29) is 11.9 Å². The fourth-order valence-corrected chi connectivity index (χ4v) is 4.00. The highest BCUT2D eigenvalue weighted by Crippen LogP contribution is 2.36. The molecule has 2 N–H and O–H groups in total. The van der Waals surface area contributed by atoms with Gasteiger partial charge < -0.3 is 15.4 Å². The predicted octanol–water partition coefficient (Wildman–Crippen LogP) is 5.93. The van der Waals surface area contributed by atoms with Crippen molar-refractivity contribution in [2.24, 2.45) is 0 Å². The summed E-state index contributed by atoms with van der Waals surface area (Å²) in [5.41, 5.74) is 4.28. The quantitative estimate of drug-likeness (QED) is 0.425. The Labute approximate surface area is 180 Å². The Morgan fingerprint density at radius 3 is 2.45 bits per heavy atom. The number of halogens is 1. The van der Waals surface area contributed by atoms with Crippen molar-refractivity contribution in [2.75, 3.05) is 24.2 Å². The zero-order valence-corrected chi connectivity index (χ0v) is 17.2. The van der Waals surface area contributed by atoms with Crippen LogP contribution < -0.4 is 15.4 Å². The van der Waals surface area contributed by atoms with Gasteiger partial charge in [-0.25, -0.2) is 9.07 Å². The average molecular weight is 414 g/mol. The van der Waals surface area contributed by atoms with Crippen LogP contribution in [0.2, 0.25) is 0 Å². The second-order valence-corrected chi connectivity index (χ2v) is 7.51. The summed E-state index contributed by atoms with van der Waals surface area (Å²) in [5.74, 6) is 2.03. The van der Waals surface area contributed by atoms with Crippen LogP contribution in [0.15, 0.2) is 78.9 Å². The zero-order chi connectivity index (χ0) is 21.2. The van der Waals surface area contributed by atoms with E-state index in [4.69, 9.17) is 9.84 Å². The maximum atomic E-state index is 13.1. The number of nitrogens with one attached hydrogen (secondary N) is 2. The van der Waals surface area contributed by atoms with Gasteiger partial charge in [0, 0.05) is 30.9 Å². The van der Waals surface area contributed by atoms with Crippen LogP contribution in [0.1, 0.15) is 18.0 Å². The third-order valence-corrected chi connectivity index (χ3v) is 5.54. The second-order valence-electron chi connectivity index (χ2n) is 7.51. The fourth-order valence-electron chi connectivity index (χ4n) is 4.00. The largest absolute Gasteiger partial charge is 0.457 e. The molecule has 1 aromatic heterocycles. The lowest BCUT2D eigenvalue weighted by molar-refractivity contribution is 0.480. The molecule has 4 aromatic rings. The molecular formula is C25H23FN4O. The number of fused-ring (bicyclic) bond motifs is 1. The first-order valence-corrected chi connectivity index (χ1v) is 10.4. The standard InChI is InChI=1S/C25H23FN4O/c1-27-22-5-3-2-4-21(22)24-14-15-28-25-16-23(29-30(24)25)17-6-10-19(11-7-17)31-20-12-8-18(26)9-13-20/h2-13,16,24,27-28H,14-15H2,1H3. The lowest BCUT2D eigenvalue weighted by atomic mass is 10.0. The Hall–Kier alpha value is -3.80. The number of ether oxygens (including phenoxy) is 1. The highest BCUT2D eigenvalue weighted by atomic mass is 19.1. The molecule has 1 unspecified atom stereocenters. The topological polar surface area (TPSA) is 51.1 Å². The van der Waals surface area contributed by atoms with Crippen molar-refractivity contribution in [1.82, 2.24) is 9.78 Å². The lowest BCUT2D eigenvalue weighted by Gasteiger charge is -2.27. The maximum absolute atomic E-state index is 13.1. The molecule has 3 aromatic carbocycles. The van der Waals surface area contributed by atoms with Crippen molar-refractivity contribution < 1.29 is 9.13 Å². The molecule has 156 valence electrons. The van der Waals surface area contributed by atoms with Gasteiger partial charge in [0.05, 0.1) is 11.7 Å². The van der Waals surface area contributed by atoms with Gasteiger partial charge in [0.1, 0.15) is 23.1 Å². The van der Waals surface area contributed by atoms with E-state index in [1.807, 2.05) is 37.4 Å². The lowest BCUT2D eigenvalue weighted by Crippen LogP contribution is -2.24. The van der Waals surface area contributed by atoms with Crippen molar-refractivity contribution in [3.05, 3.63) is 90.2 Å². The third kappa shape index (κ3) is 3.84. The van der Waals surface area contributed by atoms with Gasteiger partial charge in [-0.05, 0) is 66.6 Å². The number of nitrogens with zero attached hydrogens (tertiary/aromatic N) is 2. The van der Waals surface area contributed by atoms with Crippen LogP contribution in [-0.2, 0) is 0 Å². The van der Waals surface area contributed by atoms with Crippen molar-refractivity contribution >= 4 is 11.5 Å². The van der Waals surface area contributed by atoms with Gasteiger partial charge in [-0.2, -0.15) is 5.10 Å². The van der Waals surface area contributed by atoms with Gasteiger partial charge in [0.15, 0.2) is 0 Å². The Morgan fingerprint density at radius 2 is 1.71 bits per heavy atom. The zero-order valence-electron chi connectivity index (χ0n) is 17.2. The molecule has 0 bridgehead atoms. The van der Waals surface area contributed by atoms with Gasteiger partial charge in [-0.3, -0.25) is 0 Å². The molecule has 0 aliphatic carbocycles. The SMILES string of the molecule is CNc1ccccc1C1CCNc2cc(-c3ccc(Oc4ccc(F)cc4)cc3)nn21. The number of hydrogen-bond donors (Lipinski definition) is 2. The van der Waals surface area contributed by atoms with Gasteiger partial charge in [-0.1, -0.05) is 18.2 Å². The Kier molecular flexibility index (Phi) is 5.04. The molecule has 5 rings (SSSR count). The molecule has 0 amide bonds. The van der Waals surface area contributed by atoms with E-state index in [0.29, 0.717) is 11.5 Å². The summed E-state index contributed by atoms with van der Waals surface area (Å²) in [5, 5.41) is 11.7. The first kappa shape index (κ1) is 19.2. The first-order chi connectivity index (χ1) is 15.2. The highest BCUT2D eigenvalue weighted by Gasteiger charge is 2.25. The Bertz CT molecular complexity index is 1190. The molecule has 1 aliphatic rings. The molecule has 6 heteroatoms. The summed E-state index contributed by atoms with van der Waals surface area (Å²) in [7, 11) is 1.95. The van der Waals surface area contributed by atoms with Crippen LogP contribution in [0.25, 0.3) is 11.3 Å². The number of hydrogen-bond acceptors (Lipinski definition) is 4. The van der Waals surface area contributed by atoms with Crippen LogP contribution in [0.4, 0.5) is 15.9 Å². The number of aromatic nitrogens is 2. The summed E-state index contributed by atoms with van der Waals surface area (Å²) in [4.78, 5) is 0. The molecule has 0 fully saturated rings. The van der Waals surface area contributed by atoms with E-state index < -0.39 is 0 Å². The van der Waals surface area contributed by atoms with Crippen LogP contribution in [0.3, 0.4) is 0 Å². The second kappa shape index (κ2) is 8.14. The van der Waals surface area contributed by atoms with Gasteiger partial charge in [0.2, 0.25) is 0 Å². The maximum Gasteiger partial charge on any atom is 0.127 e. The van der Waals surface area contributed by atoms with E-state index in [0.717, 1.165) is 35.7 Å². The first-order valence-electron chi connectivity index (χ1n) is 10.4. The van der Waals surface area contributed by atoms with Crippen LogP contribution in [-0.4, -0.2) is 23.4 Å². The number of para-hydroxylation sites is 1. The highest BCUT2D eigenvalue weighted by molar-refractivity contribution is 5.65. The van der Waals surface area contributed by atoms with Crippen molar-refractivity contribution in [3.8, 4) is 22.8 Å². The molecule has 31 heavy (non-hydrogen) atoms. The third-order valence-electron chi connectivity index (χ3n) is 5.54. The monoisotopic (exact) mass is 414 g/mol. The molecule has 1 aliphatic heterocycles. The number of benzene rings is 3. The Morgan fingerprint density at radius 1 is 1.00 bits per heavy atom. The summed E-state index contributed by atoms with van der Waals surface area (Å²) in [6.45, 7) is 0.901. The molecule has 0 saturated carbocycles. The minimum absolute atomic E-state index is 0.176. The normalized spacial score (nSPS) is 15.1. The number of anilines is 2. The summed E-state index contributed by atoms with van der Waals surface area (Å²) < 4.78 is 20.9. The minimum Gasteiger partial charge on any atom is -0.457 e. The van der Waals surface area contributed by atoms with Gasteiger partial charge in [0.25, 0.3) is 0 Å². The van der Waals surface area contributed by atoms with Gasteiger partial charge >= 0.3 is 0 Å². The van der Waals surface area contributed by atoms with E-state index in [1.165, 1.54) is 17.7 Å². The van der Waals surface area contributed by atoms with Crippen molar-refractivity contribution in [3.63, 3.8) is 0 Å². The van der Waals surface area contributed by atoms with E-state index in [1.54, 1.807) is 12.1 Å². The van der Waals surface area contributed by atoms with Crippen molar-refractivity contribution in [2.45, 2.75) is 12.5 Å². The van der Waals surface area contributed by atoms with E-state index in [9.17, 15) is 4.39 Å². The molecule has 0 spiro atoms. The average Bonchev–Trinajstić information content (AvgIpc) is 3.25. The molecule has 0 radical (unpaired) electrons. The van der Waals surface area contributed by atoms with E-state index in [2.05, 4.69) is 39.6 Å². The summed E-state index contributed by atoms with van der Waals surface area (Å²) in [6.07, 6.45) is 0.970. The molecule has 2 heterocycles. The molecule has 1 atom stereocenters. The summed E-state index contributed by atoms with van der Waals surface area (Å²) >= 11 is 0. The minimum atomic E-state index is -0.282. The van der Waals surface area contributed by atoms with Crippen LogP contribution >= 0.6 is 0 Å². The molecule has 0 saturated heterocycles. The fraction of sp³-hybridized carbons (Fsp3) is 0.160. The predicted molar refractivity (Wildman–Crippen MR) is 121 cm³/mol. The van der Waals surface area contributed by atoms with Crippen LogP contribution in [0.5, 0.6) is 11.5 Å². The van der Waals surface area contributed by atoms with Crippen LogP contribution in [0, 0.1) is 5.82 Å². The van der Waals surface area contributed by atoms with Gasteiger partial charge in [-0.15, -0.1) is 0 Å². The van der Waals surface area contributed by atoms with E-state index >= 15 is 0 Å². The smallest absolute Gasteiger partial charge is 0.127 e. The number of rotatable bonds is 5. The molecule has 5 nitrogen and oxygen atoms in total. The Balaban J connectivity index is 1.41. The van der Waals surface area contributed by atoms with Crippen molar-refractivity contribution in [1.29, 1.82) is 0 Å².